The lowest BCUT2D eigenvalue weighted by atomic mass is 10.1. The van der Waals surface area contributed by atoms with E-state index in [0.29, 0.717) is 37.4 Å². The highest BCUT2D eigenvalue weighted by Gasteiger charge is 2.24. The topological polar surface area (TPSA) is 110 Å². The Morgan fingerprint density at radius 1 is 0.966 bits per heavy atom. The summed E-state index contributed by atoms with van der Waals surface area (Å²) in [4.78, 5) is 27.7. The summed E-state index contributed by atoms with van der Waals surface area (Å²) >= 11 is 0. The molecule has 0 amide bonds. The van der Waals surface area contributed by atoms with E-state index >= 15 is 0 Å². The maximum Gasteiger partial charge on any atom is 0.340 e. The van der Waals surface area contributed by atoms with Crippen LogP contribution in [0.3, 0.4) is 0 Å². The summed E-state index contributed by atoms with van der Waals surface area (Å²) in [5, 5.41) is 5.19. The fourth-order valence-electron chi connectivity index (χ4n) is 3.35. The number of hydrogen-bond acceptors (Lipinski definition) is 7. The van der Waals surface area contributed by atoms with Gasteiger partial charge in [0.05, 0.1) is 23.3 Å². The number of carbonyl (C=O) groups is 2. The molecule has 1 fully saturated rings. The molecule has 0 atom stereocenters. The minimum atomic E-state index is -3.93. The van der Waals surface area contributed by atoms with Crippen LogP contribution in [0.1, 0.15) is 27.6 Å². The molecule has 0 spiro atoms. The van der Waals surface area contributed by atoms with Gasteiger partial charge >= 0.3 is 5.97 Å². The van der Waals surface area contributed by atoms with Crippen molar-refractivity contribution in [2.75, 3.05) is 43.1 Å². The van der Waals surface area contributed by atoms with Gasteiger partial charge in [0.2, 0.25) is 10.0 Å². The molecular formula is C20H23N3O5S. The molecule has 154 valence electrons. The van der Waals surface area contributed by atoms with Crippen LogP contribution in [0.2, 0.25) is 0 Å². The zero-order valence-corrected chi connectivity index (χ0v) is 17.1. The molecule has 29 heavy (non-hydrogen) atoms. The van der Waals surface area contributed by atoms with Crippen molar-refractivity contribution in [3.63, 3.8) is 0 Å². The van der Waals surface area contributed by atoms with E-state index in [1.807, 2.05) is 29.2 Å². The number of Topliss-reactive ketones (excluding diaryl/α,β-unsaturated/α-hetero) is 1. The van der Waals surface area contributed by atoms with Gasteiger partial charge in [-0.25, -0.2) is 18.4 Å². The van der Waals surface area contributed by atoms with Crippen molar-refractivity contribution >= 4 is 33.2 Å². The molecule has 3 rings (SSSR count). The normalized spacial score (nSPS) is 14.6. The van der Waals surface area contributed by atoms with Gasteiger partial charge in [0, 0.05) is 37.4 Å². The van der Waals surface area contributed by atoms with Crippen LogP contribution in [0.25, 0.3) is 0 Å². The molecule has 0 unspecified atom stereocenters. The van der Waals surface area contributed by atoms with Crippen LogP contribution < -0.4 is 14.9 Å². The first-order valence-electron chi connectivity index (χ1n) is 9.07. The molecule has 1 saturated heterocycles. The number of ether oxygens (including phenoxy) is 1. The van der Waals surface area contributed by atoms with Crippen molar-refractivity contribution in [3.8, 4) is 0 Å². The largest absolute Gasteiger partial charge is 0.465 e. The molecule has 2 N–H and O–H groups in total. The second-order valence-corrected chi connectivity index (χ2v) is 8.35. The average molecular weight is 417 g/mol. The van der Waals surface area contributed by atoms with Crippen molar-refractivity contribution in [2.24, 2.45) is 5.14 Å². The van der Waals surface area contributed by atoms with Gasteiger partial charge in [-0.1, -0.05) is 0 Å². The van der Waals surface area contributed by atoms with Gasteiger partial charge in [-0.15, -0.1) is 0 Å². The van der Waals surface area contributed by atoms with Crippen LogP contribution in [-0.4, -0.2) is 53.5 Å². The molecular weight excluding hydrogens is 394 g/mol. The van der Waals surface area contributed by atoms with Gasteiger partial charge in [0.15, 0.2) is 5.78 Å². The summed E-state index contributed by atoms with van der Waals surface area (Å²) < 4.78 is 28.1. The number of nitrogens with two attached hydrogens (primary N) is 1. The van der Waals surface area contributed by atoms with Crippen LogP contribution in [0.5, 0.6) is 0 Å². The second kappa shape index (κ2) is 8.22. The lowest BCUT2D eigenvalue weighted by molar-refractivity contribution is 0.0601. The number of hydrogen-bond donors (Lipinski definition) is 1. The van der Waals surface area contributed by atoms with Crippen molar-refractivity contribution in [1.82, 2.24) is 0 Å². The monoisotopic (exact) mass is 417 g/mol. The van der Waals surface area contributed by atoms with Crippen molar-refractivity contribution < 1.29 is 22.7 Å². The number of carbonyl (C=O) groups excluding carboxylic acids is 2. The third-order valence-electron chi connectivity index (χ3n) is 4.96. The predicted octanol–water partition coefficient (Wildman–Crippen LogP) is 1.65. The number of rotatable bonds is 5. The Hall–Kier alpha value is -2.91. The highest BCUT2D eigenvalue weighted by Crippen LogP contribution is 2.27. The van der Waals surface area contributed by atoms with Crippen LogP contribution >= 0.6 is 0 Å². The fraction of sp³-hybridized carbons (Fsp3) is 0.300. The van der Waals surface area contributed by atoms with E-state index < -0.39 is 16.0 Å². The Morgan fingerprint density at radius 2 is 1.55 bits per heavy atom. The summed E-state index contributed by atoms with van der Waals surface area (Å²) in [6, 6.07) is 11.7. The first-order valence-corrected chi connectivity index (χ1v) is 10.6. The van der Waals surface area contributed by atoms with Gasteiger partial charge in [-0.05, 0) is 49.4 Å². The van der Waals surface area contributed by atoms with E-state index in [1.54, 1.807) is 6.07 Å². The van der Waals surface area contributed by atoms with Gasteiger partial charge in [0.25, 0.3) is 0 Å². The maximum atomic E-state index is 12.2. The minimum Gasteiger partial charge on any atom is -0.465 e. The maximum absolute atomic E-state index is 12.2. The smallest absolute Gasteiger partial charge is 0.340 e. The molecule has 0 saturated carbocycles. The summed E-state index contributed by atoms with van der Waals surface area (Å²) in [6.07, 6.45) is 0. The standard InChI is InChI=1S/C20H23N3O5S/c1-14(24)15-3-5-16(6-4-15)22-9-11-23(12-10-22)19-8-7-17(29(21,26)27)13-18(19)20(25)28-2/h3-8,13H,9-12H2,1-2H3,(H2,21,26,27). The lowest BCUT2D eigenvalue weighted by Gasteiger charge is -2.38. The quantitative estimate of drug-likeness (QED) is 0.582. The number of methoxy groups -OCH3 is 1. The van der Waals surface area contributed by atoms with Crippen LogP contribution in [0, 0.1) is 0 Å². The van der Waals surface area contributed by atoms with E-state index in [0.717, 1.165) is 5.69 Å². The molecule has 1 heterocycles. The lowest BCUT2D eigenvalue weighted by Crippen LogP contribution is -2.47. The Morgan fingerprint density at radius 3 is 2.07 bits per heavy atom. The van der Waals surface area contributed by atoms with E-state index in [-0.39, 0.29) is 16.2 Å². The number of anilines is 2. The number of benzene rings is 2. The molecule has 2 aromatic carbocycles. The minimum absolute atomic E-state index is 0.0275. The Bertz CT molecular complexity index is 1030. The van der Waals surface area contributed by atoms with Gasteiger partial charge in [-0.3, -0.25) is 4.79 Å². The predicted molar refractivity (Wildman–Crippen MR) is 110 cm³/mol. The van der Waals surface area contributed by atoms with Crippen LogP contribution in [-0.2, 0) is 14.8 Å². The third-order valence-corrected chi connectivity index (χ3v) is 5.87. The molecule has 2 aromatic rings. The molecule has 1 aliphatic heterocycles. The number of ketones is 1. The summed E-state index contributed by atoms with van der Waals surface area (Å²) in [5.74, 6) is -0.590. The first-order chi connectivity index (χ1) is 13.7. The molecule has 9 heteroatoms. The SMILES string of the molecule is COC(=O)c1cc(S(N)(=O)=O)ccc1N1CCN(c2ccc(C(C)=O)cc2)CC1. The highest BCUT2D eigenvalue weighted by molar-refractivity contribution is 7.89. The Kier molecular flexibility index (Phi) is 5.90. The van der Waals surface area contributed by atoms with E-state index in [2.05, 4.69) is 4.90 Å². The number of piperazine rings is 1. The molecule has 0 aromatic heterocycles. The third kappa shape index (κ3) is 4.57. The van der Waals surface area contributed by atoms with Gasteiger partial charge in [0.1, 0.15) is 0 Å². The zero-order chi connectivity index (χ0) is 21.2. The van der Waals surface area contributed by atoms with Gasteiger partial charge < -0.3 is 14.5 Å². The first kappa shape index (κ1) is 20.8. The summed E-state index contributed by atoms with van der Waals surface area (Å²) in [6.45, 7) is 4.21. The summed E-state index contributed by atoms with van der Waals surface area (Å²) in [5.41, 5.74) is 2.46. The molecule has 1 aliphatic rings. The number of nitrogens with zero attached hydrogens (tertiary/aromatic N) is 2. The molecule has 0 bridgehead atoms. The molecule has 0 radical (unpaired) electrons. The Balaban J connectivity index is 1.79. The van der Waals surface area contributed by atoms with Crippen molar-refractivity contribution in [3.05, 3.63) is 53.6 Å². The van der Waals surface area contributed by atoms with Gasteiger partial charge in [-0.2, -0.15) is 0 Å². The van der Waals surface area contributed by atoms with Crippen molar-refractivity contribution in [1.29, 1.82) is 0 Å². The van der Waals surface area contributed by atoms with E-state index in [9.17, 15) is 18.0 Å². The second-order valence-electron chi connectivity index (χ2n) is 6.79. The Labute approximate surface area is 169 Å². The zero-order valence-electron chi connectivity index (χ0n) is 16.3. The fourth-order valence-corrected chi connectivity index (χ4v) is 3.89. The van der Waals surface area contributed by atoms with Crippen LogP contribution in [0.4, 0.5) is 11.4 Å². The number of esters is 1. The van der Waals surface area contributed by atoms with Crippen molar-refractivity contribution in [2.45, 2.75) is 11.8 Å². The van der Waals surface area contributed by atoms with Crippen LogP contribution in [0.15, 0.2) is 47.4 Å². The molecule has 8 nitrogen and oxygen atoms in total. The average Bonchev–Trinajstić information content (AvgIpc) is 2.72. The number of sulfonamides is 1. The number of primary sulfonamides is 1. The highest BCUT2D eigenvalue weighted by atomic mass is 32.2. The molecule has 0 aliphatic carbocycles. The summed E-state index contributed by atoms with van der Waals surface area (Å²) in [7, 11) is -2.68. The van der Waals surface area contributed by atoms with E-state index in [1.165, 1.54) is 26.2 Å². The van der Waals surface area contributed by atoms with E-state index in [4.69, 9.17) is 9.88 Å².